The number of rotatable bonds is 2. The Kier molecular flexibility index (Phi) is 2.44. The van der Waals surface area contributed by atoms with Gasteiger partial charge in [0.2, 0.25) is 0 Å². The van der Waals surface area contributed by atoms with Gasteiger partial charge in [-0.25, -0.2) is 4.98 Å². The third-order valence-corrected chi connectivity index (χ3v) is 3.20. The van der Waals surface area contributed by atoms with Gasteiger partial charge in [0.1, 0.15) is 11.6 Å². The zero-order valence-electron chi connectivity index (χ0n) is 9.68. The van der Waals surface area contributed by atoms with Gasteiger partial charge in [0.05, 0.1) is 7.11 Å². The van der Waals surface area contributed by atoms with Crippen molar-refractivity contribution in [2.24, 2.45) is 0 Å². The Bertz CT molecular complexity index is 539. The lowest BCUT2D eigenvalue weighted by Crippen LogP contribution is -2.05. The second-order valence-electron chi connectivity index (χ2n) is 4.12. The molecule has 1 unspecified atom stereocenters. The number of aromatic nitrogens is 1. The number of benzene rings is 1. The lowest BCUT2D eigenvalue weighted by Gasteiger charge is -2.14. The van der Waals surface area contributed by atoms with E-state index in [4.69, 9.17) is 4.74 Å². The van der Waals surface area contributed by atoms with Gasteiger partial charge in [0.25, 0.3) is 0 Å². The summed E-state index contributed by atoms with van der Waals surface area (Å²) in [5, 5.41) is 3.33. The van der Waals surface area contributed by atoms with Crippen LogP contribution in [0.25, 0.3) is 0 Å². The number of anilines is 1. The number of hydrogen-bond donors (Lipinski definition) is 1. The van der Waals surface area contributed by atoms with Gasteiger partial charge in [0, 0.05) is 29.8 Å². The van der Waals surface area contributed by atoms with Gasteiger partial charge in [-0.05, 0) is 12.1 Å². The second-order valence-corrected chi connectivity index (χ2v) is 4.12. The Labute approximate surface area is 100 Å². The molecule has 3 nitrogen and oxygen atoms in total. The highest BCUT2D eigenvalue weighted by Gasteiger charge is 2.26. The molecule has 0 saturated heterocycles. The van der Waals surface area contributed by atoms with Crippen LogP contribution < -0.4 is 10.1 Å². The van der Waals surface area contributed by atoms with Crippen molar-refractivity contribution >= 4 is 5.82 Å². The predicted octanol–water partition coefficient (Wildman–Crippen LogP) is 2.65. The van der Waals surface area contributed by atoms with E-state index in [2.05, 4.69) is 22.4 Å². The predicted molar refractivity (Wildman–Crippen MR) is 67.6 cm³/mol. The van der Waals surface area contributed by atoms with Gasteiger partial charge < -0.3 is 10.1 Å². The van der Waals surface area contributed by atoms with Crippen LogP contribution in [0.5, 0.6) is 5.75 Å². The molecule has 1 aliphatic rings. The molecule has 0 radical (unpaired) electrons. The Hall–Kier alpha value is -2.03. The topological polar surface area (TPSA) is 34.1 Å². The molecule has 86 valence electrons. The molecule has 0 bridgehead atoms. The van der Waals surface area contributed by atoms with E-state index in [0.717, 1.165) is 18.1 Å². The van der Waals surface area contributed by atoms with Crippen molar-refractivity contribution in [2.75, 3.05) is 19.0 Å². The van der Waals surface area contributed by atoms with Crippen LogP contribution in [0.15, 0.2) is 42.6 Å². The quantitative estimate of drug-likeness (QED) is 0.854. The molecule has 0 aliphatic carbocycles. The van der Waals surface area contributed by atoms with Crippen LogP contribution in [0, 0.1) is 0 Å². The molecule has 0 amide bonds. The molecule has 2 heterocycles. The van der Waals surface area contributed by atoms with Gasteiger partial charge in [-0.1, -0.05) is 24.3 Å². The van der Waals surface area contributed by atoms with Gasteiger partial charge in [-0.2, -0.15) is 0 Å². The summed E-state index contributed by atoms with van der Waals surface area (Å²) in [5.74, 6) is 2.26. The highest BCUT2D eigenvalue weighted by Crippen LogP contribution is 2.38. The third-order valence-electron chi connectivity index (χ3n) is 3.20. The SMILES string of the molecule is COc1ccccc1C1CNc2ncccc21. The maximum Gasteiger partial charge on any atom is 0.129 e. The van der Waals surface area contributed by atoms with Crippen LogP contribution in [-0.4, -0.2) is 18.6 Å². The van der Waals surface area contributed by atoms with Crippen LogP contribution >= 0.6 is 0 Å². The summed E-state index contributed by atoms with van der Waals surface area (Å²) in [5.41, 5.74) is 2.46. The second kappa shape index (κ2) is 4.09. The van der Waals surface area contributed by atoms with Crippen molar-refractivity contribution in [1.82, 2.24) is 4.98 Å². The van der Waals surface area contributed by atoms with Gasteiger partial charge >= 0.3 is 0 Å². The molecule has 1 aliphatic heterocycles. The van der Waals surface area contributed by atoms with Gasteiger partial charge in [-0.3, -0.25) is 0 Å². The third kappa shape index (κ3) is 1.64. The number of methoxy groups -OCH3 is 1. The summed E-state index contributed by atoms with van der Waals surface area (Å²) < 4.78 is 5.42. The molecule has 3 rings (SSSR count). The maximum atomic E-state index is 5.42. The first kappa shape index (κ1) is 10.1. The number of ether oxygens (including phenoxy) is 1. The van der Waals surface area contributed by atoms with Gasteiger partial charge in [-0.15, -0.1) is 0 Å². The molecule has 1 aromatic heterocycles. The van der Waals surface area contributed by atoms with Gasteiger partial charge in [0.15, 0.2) is 0 Å². The monoisotopic (exact) mass is 226 g/mol. The average Bonchev–Trinajstić information content (AvgIpc) is 2.82. The molecular formula is C14H14N2O. The molecule has 0 spiro atoms. The molecule has 2 aromatic rings. The first-order chi connectivity index (χ1) is 8.40. The largest absolute Gasteiger partial charge is 0.496 e. The number of para-hydroxylation sites is 1. The summed E-state index contributed by atoms with van der Waals surface area (Å²) in [6.45, 7) is 0.882. The first-order valence-electron chi connectivity index (χ1n) is 5.72. The highest BCUT2D eigenvalue weighted by molar-refractivity contribution is 5.57. The van der Waals surface area contributed by atoms with Crippen LogP contribution in [0.4, 0.5) is 5.82 Å². The average molecular weight is 226 g/mol. The fourth-order valence-corrected chi connectivity index (χ4v) is 2.39. The van der Waals surface area contributed by atoms with Crippen molar-refractivity contribution in [2.45, 2.75) is 5.92 Å². The lowest BCUT2D eigenvalue weighted by atomic mass is 9.93. The fourth-order valence-electron chi connectivity index (χ4n) is 2.39. The van der Waals surface area contributed by atoms with Crippen molar-refractivity contribution in [3.8, 4) is 5.75 Å². The number of hydrogen-bond acceptors (Lipinski definition) is 3. The smallest absolute Gasteiger partial charge is 0.129 e. The first-order valence-corrected chi connectivity index (χ1v) is 5.72. The molecule has 1 aromatic carbocycles. The summed E-state index contributed by atoms with van der Waals surface area (Å²) >= 11 is 0. The van der Waals surface area contributed by atoms with Crippen LogP contribution in [-0.2, 0) is 0 Å². The highest BCUT2D eigenvalue weighted by atomic mass is 16.5. The molecule has 0 fully saturated rings. The molecule has 17 heavy (non-hydrogen) atoms. The number of nitrogens with one attached hydrogen (secondary N) is 1. The number of nitrogens with zero attached hydrogens (tertiary/aromatic N) is 1. The standard InChI is InChI=1S/C14H14N2O/c1-17-13-7-3-2-5-10(13)12-9-16-14-11(12)6-4-8-15-14/h2-8,12H,9H2,1H3,(H,15,16). The lowest BCUT2D eigenvalue weighted by molar-refractivity contribution is 0.408. The van der Waals surface area contributed by atoms with E-state index in [-0.39, 0.29) is 0 Å². The normalized spacial score (nSPS) is 17.4. The van der Waals surface area contributed by atoms with E-state index in [1.54, 1.807) is 7.11 Å². The van der Waals surface area contributed by atoms with Crippen LogP contribution in [0.3, 0.4) is 0 Å². The summed E-state index contributed by atoms with van der Waals surface area (Å²) in [4.78, 5) is 4.34. The molecule has 1 N–H and O–H groups in total. The fraction of sp³-hybridized carbons (Fsp3) is 0.214. The van der Waals surface area contributed by atoms with E-state index in [1.807, 2.05) is 30.5 Å². The molecule has 1 atom stereocenters. The van der Waals surface area contributed by atoms with Crippen molar-refractivity contribution in [1.29, 1.82) is 0 Å². The minimum absolute atomic E-state index is 0.329. The van der Waals surface area contributed by atoms with E-state index in [0.29, 0.717) is 5.92 Å². The number of fused-ring (bicyclic) bond motifs is 1. The number of pyridine rings is 1. The van der Waals surface area contributed by atoms with Crippen molar-refractivity contribution < 1.29 is 4.74 Å². The van der Waals surface area contributed by atoms with Crippen LogP contribution in [0.2, 0.25) is 0 Å². The Balaban J connectivity index is 2.07. The molecular weight excluding hydrogens is 212 g/mol. The van der Waals surface area contributed by atoms with E-state index in [9.17, 15) is 0 Å². The van der Waals surface area contributed by atoms with E-state index >= 15 is 0 Å². The van der Waals surface area contributed by atoms with E-state index < -0.39 is 0 Å². The summed E-state index contributed by atoms with van der Waals surface area (Å²) in [7, 11) is 1.71. The molecule has 3 heteroatoms. The zero-order chi connectivity index (χ0) is 11.7. The maximum absolute atomic E-state index is 5.42. The van der Waals surface area contributed by atoms with Crippen LogP contribution in [0.1, 0.15) is 17.0 Å². The zero-order valence-corrected chi connectivity index (χ0v) is 9.68. The summed E-state index contributed by atoms with van der Waals surface area (Å²) in [6, 6.07) is 12.3. The Morgan fingerprint density at radius 3 is 2.88 bits per heavy atom. The summed E-state index contributed by atoms with van der Waals surface area (Å²) in [6.07, 6.45) is 1.82. The Morgan fingerprint density at radius 1 is 1.18 bits per heavy atom. The Morgan fingerprint density at radius 2 is 2.00 bits per heavy atom. The minimum atomic E-state index is 0.329. The van der Waals surface area contributed by atoms with E-state index in [1.165, 1.54) is 11.1 Å². The van der Waals surface area contributed by atoms with Crippen molar-refractivity contribution in [3.63, 3.8) is 0 Å². The molecule has 0 saturated carbocycles. The van der Waals surface area contributed by atoms with Crippen molar-refractivity contribution in [3.05, 3.63) is 53.7 Å². The minimum Gasteiger partial charge on any atom is -0.496 e.